The van der Waals surface area contributed by atoms with Crippen molar-refractivity contribution in [1.82, 2.24) is 5.32 Å². The van der Waals surface area contributed by atoms with Gasteiger partial charge in [0.05, 0.1) is 0 Å². The molecule has 1 heteroatoms. The molecule has 3 rings (SSSR count). The number of hydrogen-bond donors (Lipinski definition) is 1. The van der Waals surface area contributed by atoms with Crippen LogP contribution in [-0.4, -0.2) is 12.6 Å². The maximum Gasteiger partial charge on any atom is 0.00729 e. The van der Waals surface area contributed by atoms with Gasteiger partial charge in [0.1, 0.15) is 0 Å². The predicted octanol–water partition coefficient (Wildman–Crippen LogP) is 4.66. The summed E-state index contributed by atoms with van der Waals surface area (Å²) < 4.78 is 0. The molecule has 0 saturated heterocycles. The molecule has 2 atom stereocenters. The molecule has 1 aromatic rings. The van der Waals surface area contributed by atoms with E-state index in [1.54, 1.807) is 11.1 Å². The van der Waals surface area contributed by atoms with E-state index >= 15 is 0 Å². The normalized spacial score (nSPS) is 23.4. The van der Waals surface area contributed by atoms with E-state index in [1.807, 2.05) is 0 Å². The van der Waals surface area contributed by atoms with Crippen molar-refractivity contribution in [3.8, 4) is 0 Å². The third-order valence-corrected chi connectivity index (χ3v) is 5.42. The quantitative estimate of drug-likeness (QED) is 0.760. The third kappa shape index (κ3) is 3.25. The average Bonchev–Trinajstić information content (AvgIpc) is 2.95. The first-order valence-electron chi connectivity index (χ1n) is 8.68. The van der Waals surface area contributed by atoms with Crippen LogP contribution in [0.5, 0.6) is 0 Å². The van der Waals surface area contributed by atoms with Gasteiger partial charge in [0.25, 0.3) is 0 Å². The van der Waals surface area contributed by atoms with E-state index in [1.165, 1.54) is 51.4 Å². The Morgan fingerprint density at radius 1 is 1.20 bits per heavy atom. The summed E-state index contributed by atoms with van der Waals surface area (Å²) in [6.45, 7) is 3.36. The van der Waals surface area contributed by atoms with Crippen LogP contribution < -0.4 is 5.32 Å². The maximum atomic E-state index is 3.74. The van der Waals surface area contributed by atoms with Gasteiger partial charge in [-0.05, 0) is 55.2 Å². The Morgan fingerprint density at radius 2 is 2.00 bits per heavy atom. The molecule has 2 unspecified atom stereocenters. The Labute approximate surface area is 124 Å². The van der Waals surface area contributed by atoms with Crippen LogP contribution in [0.1, 0.15) is 68.9 Å². The highest BCUT2D eigenvalue weighted by Crippen LogP contribution is 2.39. The average molecular weight is 271 g/mol. The van der Waals surface area contributed by atoms with Gasteiger partial charge in [0.15, 0.2) is 0 Å². The fourth-order valence-electron chi connectivity index (χ4n) is 4.24. The van der Waals surface area contributed by atoms with Gasteiger partial charge >= 0.3 is 0 Å². The summed E-state index contributed by atoms with van der Waals surface area (Å²) in [6, 6.07) is 9.75. The minimum atomic E-state index is 0.735. The molecule has 110 valence electrons. The minimum absolute atomic E-state index is 0.735. The van der Waals surface area contributed by atoms with Crippen molar-refractivity contribution in [1.29, 1.82) is 0 Å². The van der Waals surface area contributed by atoms with E-state index in [4.69, 9.17) is 0 Å². The summed E-state index contributed by atoms with van der Waals surface area (Å²) in [5.74, 6) is 1.85. The lowest BCUT2D eigenvalue weighted by atomic mass is 9.74. The van der Waals surface area contributed by atoms with Gasteiger partial charge in [-0.15, -0.1) is 0 Å². The molecule has 2 aliphatic rings. The lowest BCUT2D eigenvalue weighted by Gasteiger charge is -2.33. The summed E-state index contributed by atoms with van der Waals surface area (Å²) in [5, 5.41) is 3.74. The molecule has 1 saturated carbocycles. The molecule has 1 aromatic carbocycles. The summed E-state index contributed by atoms with van der Waals surface area (Å²) in [5.41, 5.74) is 3.21. The van der Waals surface area contributed by atoms with Crippen molar-refractivity contribution in [2.75, 3.05) is 6.54 Å². The molecule has 0 bridgehead atoms. The van der Waals surface area contributed by atoms with Crippen molar-refractivity contribution in [3.05, 3.63) is 35.4 Å². The molecule has 0 radical (unpaired) electrons. The first kappa shape index (κ1) is 14.1. The number of benzene rings is 1. The third-order valence-electron chi connectivity index (χ3n) is 5.42. The molecule has 0 aromatic heterocycles. The first-order valence-corrected chi connectivity index (χ1v) is 8.68. The second-order valence-corrected chi connectivity index (χ2v) is 6.82. The molecule has 20 heavy (non-hydrogen) atoms. The zero-order chi connectivity index (χ0) is 13.8. The highest BCUT2D eigenvalue weighted by atomic mass is 14.9. The first-order chi connectivity index (χ1) is 9.86. The van der Waals surface area contributed by atoms with Crippen LogP contribution in [0.2, 0.25) is 0 Å². The Morgan fingerprint density at radius 3 is 2.75 bits per heavy atom. The van der Waals surface area contributed by atoms with Crippen molar-refractivity contribution in [3.63, 3.8) is 0 Å². The number of rotatable bonds is 7. The highest BCUT2D eigenvalue weighted by molar-refractivity contribution is 5.39. The smallest absolute Gasteiger partial charge is 0.00729 e. The van der Waals surface area contributed by atoms with E-state index in [0.29, 0.717) is 0 Å². The van der Waals surface area contributed by atoms with Gasteiger partial charge in [-0.3, -0.25) is 0 Å². The van der Waals surface area contributed by atoms with Crippen molar-refractivity contribution >= 4 is 0 Å². The Bertz CT molecular complexity index is 420. The molecular formula is C19H29N. The maximum absolute atomic E-state index is 3.74. The van der Waals surface area contributed by atoms with Crippen LogP contribution in [0, 0.1) is 5.92 Å². The van der Waals surface area contributed by atoms with E-state index in [2.05, 4.69) is 36.5 Å². The van der Waals surface area contributed by atoms with Crippen LogP contribution in [0.3, 0.4) is 0 Å². The van der Waals surface area contributed by atoms with Gasteiger partial charge in [-0.25, -0.2) is 0 Å². The topological polar surface area (TPSA) is 12.0 Å². The standard InChI is InChI=1S/C19H29N/c1-2-20-18(12-11-15-7-3-4-8-15)14-17-13-16-9-5-6-10-19(16)17/h5-6,9-10,15,17-18,20H,2-4,7-8,11-14H2,1H3. The second-order valence-electron chi connectivity index (χ2n) is 6.82. The largest absolute Gasteiger partial charge is 0.314 e. The summed E-state index contributed by atoms with van der Waals surface area (Å²) in [7, 11) is 0. The molecular weight excluding hydrogens is 242 g/mol. The molecule has 1 N–H and O–H groups in total. The summed E-state index contributed by atoms with van der Waals surface area (Å²) in [4.78, 5) is 0. The van der Waals surface area contributed by atoms with Crippen LogP contribution >= 0.6 is 0 Å². The molecule has 2 aliphatic carbocycles. The van der Waals surface area contributed by atoms with Gasteiger partial charge < -0.3 is 5.32 Å². The lowest BCUT2D eigenvalue weighted by molar-refractivity contribution is 0.364. The second kappa shape index (κ2) is 6.76. The predicted molar refractivity (Wildman–Crippen MR) is 86.2 cm³/mol. The van der Waals surface area contributed by atoms with Crippen LogP contribution in [-0.2, 0) is 6.42 Å². The lowest BCUT2D eigenvalue weighted by Crippen LogP contribution is -2.33. The number of fused-ring (bicyclic) bond motifs is 1. The van der Waals surface area contributed by atoms with Crippen molar-refractivity contribution in [2.24, 2.45) is 5.92 Å². The number of nitrogens with one attached hydrogen (secondary N) is 1. The van der Waals surface area contributed by atoms with E-state index in [0.717, 1.165) is 24.4 Å². The highest BCUT2D eigenvalue weighted by Gasteiger charge is 2.28. The Kier molecular flexibility index (Phi) is 4.77. The van der Waals surface area contributed by atoms with E-state index < -0.39 is 0 Å². The number of hydrogen-bond acceptors (Lipinski definition) is 1. The minimum Gasteiger partial charge on any atom is -0.314 e. The molecule has 0 amide bonds. The molecule has 1 fully saturated rings. The fourth-order valence-corrected chi connectivity index (χ4v) is 4.24. The van der Waals surface area contributed by atoms with Crippen LogP contribution in [0.25, 0.3) is 0 Å². The fraction of sp³-hybridized carbons (Fsp3) is 0.684. The SMILES string of the molecule is CCNC(CCC1CCCC1)CC1Cc2ccccc21. The van der Waals surface area contributed by atoms with Crippen LogP contribution in [0.15, 0.2) is 24.3 Å². The molecule has 0 spiro atoms. The monoisotopic (exact) mass is 271 g/mol. The van der Waals surface area contributed by atoms with Gasteiger partial charge in [-0.1, -0.05) is 56.9 Å². The molecule has 0 heterocycles. The van der Waals surface area contributed by atoms with E-state index in [-0.39, 0.29) is 0 Å². The zero-order valence-electron chi connectivity index (χ0n) is 12.9. The molecule has 1 nitrogen and oxygen atoms in total. The zero-order valence-corrected chi connectivity index (χ0v) is 12.9. The Hall–Kier alpha value is -0.820. The summed E-state index contributed by atoms with van der Waals surface area (Å²) in [6.07, 6.45) is 11.4. The molecule has 0 aliphatic heterocycles. The Balaban J connectivity index is 1.50. The van der Waals surface area contributed by atoms with E-state index in [9.17, 15) is 0 Å². The summed E-state index contributed by atoms with van der Waals surface area (Å²) >= 11 is 0. The van der Waals surface area contributed by atoms with Crippen molar-refractivity contribution < 1.29 is 0 Å². The van der Waals surface area contributed by atoms with Crippen molar-refractivity contribution in [2.45, 2.75) is 70.3 Å². The van der Waals surface area contributed by atoms with Gasteiger partial charge in [0, 0.05) is 6.04 Å². The van der Waals surface area contributed by atoms with Crippen LogP contribution in [0.4, 0.5) is 0 Å². The van der Waals surface area contributed by atoms with Gasteiger partial charge in [0.2, 0.25) is 0 Å². The van der Waals surface area contributed by atoms with Gasteiger partial charge in [-0.2, -0.15) is 0 Å².